The smallest absolute Gasteiger partial charge is 0.300 e. The molecule has 4 rings (SSSR count). The number of ketones is 1. The fourth-order valence-electron chi connectivity index (χ4n) is 4.02. The Morgan fingerprint density at radius 2 is 1.74 bits per heavy atom. The molecule has 1 heterocycles. The number of amides is 1. The van der Waals surface area contributed by atoms with Crippen LogP contribution >= 0.6 is 23.2 Å². The Hall–Kier alpha value is -3.35. The van der Waals surface area contributed by atoms with Crippen LogP contribution in [-0.2, 0) is 9.59 Å². The van der Waals surface area contributed by atoms with Crippen molar-refractivity contribution in [3.8, 4) is 5.75 Å². The molecule has 1 amide bonds. The van der Waals surface area contributed by atoms with Crippen molar-refractivity contribution in [1.82, 2.24) is 0 Å². The topological polar surface area (TPSA) is 66.8 Å². The van der Waals surface area contributed by atoms with Crippen LogP contribution in [0.3, 0.4) is 0 Å². The van der Waals surface area contributed by atoms with Crippen molar-refractivity contribution in [3.05, 3.63) is 98.8 Å². The number of halogens is 3. The third kappa shape index (κ3) is 4.77. The molecule has 3 aromatic carbocycles. The van der Waals surface area contributed by atoms with Crippen molar-refractivity contribution in [2.45, 2.75) is 26.3 Å². The standard InChI is InChI=1S/C27H22Cl2FNO4/c1-3-12-35-22-11-5-17(13-15(22)2)25(32)23-24(16-4-10-20(28)21(29)14-16)31(27(34)26(23)33)19-8-6-18(30)7-9-19/h4-11,13-14,24,32H,3,12H2,1-2H3/b25-23-. The number of hydrogen-bond donors (Lipinski definition) is 1. The molecule has 8 heteroatoms. The summed E-state index contributed by atoms with van der Waals surface area (Å²) in [6.07, 6.45) is 0.845. The van der Waals surface area contributed by atoms with Gasteiger partial charge in [0.15, 0.2) is 0 Å². The van der Waals surface area contributed by atoms with Crippen molar-refractivity contribution >= 4 is 46.3 Å². The predicted octanol–water partition coefficient (Wildman–Crippen LogP) is 6.86. The normalized spacial score (nSPS) is 17.2. The van der Waals surface area contributed by atoms with Gasteiger partial charge in [0.25, 0.3) is 11.7 Å². The summed E-state index contributed by atoms with van der Waals surface area (Å²) in [6, 6.07) is 13.9. The molecule has 0 aliphatic carbocycles. The Bertz CT molecular complexity index is 1340. The number of aliphatic hydroxyl groups is 1. The molecule has 35 heavy (non-hydrogen) atoms. The largest absolute Gasteiger partial charge is 0.507 e. The maximum atomic E-state index is 13.6. The summed E-state index contributed by atoms with van der Waals surface area (Å²) in [7, 11) is 0. The highest BCUT2D eigenvalue weighted by Crippen LogP contribution is 2.43. The summed E-state index contributed by atoms with van der Waals surface area (Å²) in [5.41, 5.74) is 1.77. The lowest BCUT2D eigenvalue weighted by molar-refractivity contribution is -0.132. The van der Waals surface area contributed by atoms with Crippen molar-refractivity contribution in [2.75, 3.05) is 11.5 Å². The average Bonchev–Trinajstić information content (AvgIpc) is 3.10. The van der Waals surface area contributed by atoms with E-state index in [9.17, 15) is 19.1 Å². The number of carbonyl (C=O) groups excluding carboxylic acids is 2. The maximum absolute atomic E-state index is 13.6. The summed E-state index contributed by atoms with van der Waals surface area (Å²) in [6.45, 7) is 4.38. The van der Waals surface area contributed by atoms with E-state index in [-0.39, 0.29) is 16.4 Å². The Balaban J connectivity index is 1.89. The van der Waals surface area contributed by atoms with Crippen LogP contribution in [0, 0.1) is 12.7 Å². The summed E-state index contributed by atoms with van der Waals surface area (Å²) < 4.78 is 19.3. The summed E-state index contributed by atoms with van der Waals surface area (Å²) >= 11 is 12.3. The zero-order valence-corrected chi connectivity index (χ0v) is 20.5. The van der Waals surface area contributed by atoms with Gasteiger partial charge in [-0.3, -0.25) is 14.5 Å². The molecule has 180 valence electrons. The Kier molecular flexibility index (Phi) is 7.15. The number of Topliss-reactive ketones (excluding diaryl/α,β-unsaturated/α-hetero) is 1. The molecule has 5 nitrogen and oxygen atoms in total. The van der Waals surface area contributed by atoms with E-state index in [2.05, 4.69) is 0 Å². The Labute approximate surface area is 212 Å². The molecule has 0 aromatic heterocycles. The van der Waals surface area contributed by atoms with Crippen LogP contribution in [-0.4, -0.2) is 23.4 Å². The minimum Gasteiger partial charge on any atom is -0.507 e. The van der Waals surface area contributed by atoms with E-state index in [4.69, 9.17) is 27.9 Å². The number of aliphatic hydroxyl groups excluding tert-OH is 1. The van der Waals surface area contributed by atoms with Gasteiger partial charge in [0.05, 0.1) is 28.3 Å². The lowest BCUT2D eigenvalue weighted by Gasteiger charge is -2.25. The SMILES string of the molecule is CCCOc1ccc(/C(O)=C2/C(=O)C(=O)N(c3ccc(F)cc3)C2c2ccc(Cl)c(Cl)c2)cc1C. The molecule has 1 saturated heterocycles. The molecule has 0 spiro atoms. The predicted molar refractivity (Wildman–Crippen MR) is 135 cm³/mol. The number of carbonyl (C=O) groups is 2. The van der Waals surface area contributed by atoms with Crippen LogP contribution in [0.4, 0.5) is 10.1 Å². The second-order valence-electron chi connectivity index (χ2n) is 8.15. The van der Waals surface area contributed by atoms with Gasteiger partial charge in [-0.05, 0) is 79.1 Å². The molecule has 0 saturated carbocycles. The van der Waals surface area contributed by atoms with Gasteiger partial charge in [-0.1, -0.05) is 36.2 Å². The molecule has 1 aliphatic heterocycles. The second kappa shape index (κ2) is 10.1. The molecule has 0 radical (unpaired) electrons. The average molecular weight is 514 g/mol. The van der Waals surface area contributed by atoms with Crippen molar-refractivity contribution in [3.63, 3.8) is 0 Å². The minimum absolute atomic E-state index is 0.112. The number of aryl methyl sites for hydroxylation is 1. The highest BCUT2D eigenvalue weighted by atomic mass is 35.5. The van der Waals surface area contributed by atoms with E-state index in [1.807, 2.05) is 13.8 Å². The third-order valence-corrected chi connectivity index (χ3v) is 6.46. The van der Waals surface area contributed by atoms with Gasteiger partial charge in [0, 0.05) is 11.3 Å². The number of nitrogens with zero attached hydrogens (tertiary/aromatic N) is 1. The summed E-state index contributed by atoms with van der Waals surface area (Å²) in [4.78, 5) is 27.6. The molecule has 3 aromatic rings. The highest BCUT2D eigenvalue weighted by molar-refractivity contribution is 6.51. The first-order valence-corrected chi connectivity index (χ1v) is 11.7. The molecular weight excluding hydrogens is 492 g/mol. The Morgan fingerprint density at radius 3 is 2.37 bits per heavy atom. The zero-order valence-electron chi connectivity index (χ0n) is 19.0. The monoisotopic (exact) mass is 513 g/mol. The van der Waals surface area contributed by atoms with Crippen LogP contribution in [0.1, 0.15) is 36.1 Å². The fraction of sp³-hybridized carbons (Fsp3) is 0.185. The van der Waals surface area contributed by atoms with Gasteiger partial charge in [-0.25, -0.2) is 4.39 Å². The quantitative estimate of drug-likeness (QED) is 0.222. The number of ether oxygens (including phenoxy) is 1. The van der Waals surface area contributed by atoms with E-state index in [1.54, 1.807) is 30.3 Å². The number of hydrogen-bond acceptors (Lipinski definition) is 4. The van der Waals surface area contributed by atoms with Crippen molar-refractivity contribution in [1.29, 1.82) is 0 Å². The van der Waals surface area contributed by atoms with Gasteiger partial charge >= 0.3 is 0 Å². The van der Waals surface area contributed by atoms with Gasteiger partial charge < -0.3 is 9.84 Å². The molecule has 1 N–H and O–H groups in total. The molecule has 1 unspecified atom stereocenters. The number of rotatable bonds is 6. The lowest BCUT2D eigenvalue weighted by Crippen LogP contribution is -2.29. The van der Waals surface area contributed by atoms with Gasteiger partial charge in [0.2, 0.25) is 0 Å². The first kappa shape index (κ1) is 24.8. The van der Waals surface area contributed by atoms with E-state index in [0.717, 1.165) is 12.0 Å². The first-order valence-electron chi connectivity index (χ1n) is 11.0. The van der Waals surface area contributed by atoms with Crippen LogP contribution < -0.4 is 9.64 Å². The van der Waals surface area contributed by atoms with E-state index >= 15 is 0 Å². The van der Waals surface area contributed by atoms with Crippen LogP contribution in [0.5, 0.6) is 5.75 Å². The van der Waals surface area contributed by atoms with Crippen LogP contribution in [0.2, 0.25) is 10.0 Å². The molecule has 0 bridgehead atoms. The zero-order chi connectivity index (χ0) is 25.3. The second-order valence-corrected chi connectivity index (χ2v) is 8.96. The van der Waals surface area contributed by atoms with Crippen molar-refractivity contribution in [2.24, 2.45) is 0 Å². The summed E-state index contributed by atoms with van der Waals surface area (Å²) in [5, 5.41) is 11.8. The molecular formula is C27H22Cl2FNO4. The maximum Gasteiger partial charge on any atom is 0.300 e. The van der Waals surface area contributed by atoms with Crippen LogP contribution in [0.15, 0.2) is 66.2 Å². The lowest BCUT2D eigenvalue weighted by atomic mass is 9.94. The Morgan fingerprint density at radius 1 is 1.03 bits per heavy atom. The van der Waals surface area contributed by atoms with Crippen LogP contribution in [0.25, 0.3) is 5.76 Å². The summed E-state index contributed by atoms with van der Waals surface area (Å²) in [5.74, 6) is -1.89. The molecule has 1 atom stereocenters. The van der Waals surface area contributed by atoms with Crippen molar-refractivity contribution < 1.29 is 23.8 Å². The first-order chi connectivity index (χ1) is 16.7. The van der Waals surface area contributed by atoms with E-state index in [0.29, 0.717) is 34.2 Å². The fourth-order valence-corrected chi connectivity index (χ4v) is 4.33. The number of benzene rings is 3. The van der Waals surface area contributed by atoms with E-state index < -0.39 is 23.5 Å². The van der Waals surface area contributed by atoms with E-state index in [1.165, 1.54) is 35.2 Å². The van der Waals surface area contributed by atoms with Gasteiger partial charge in [0.1, 0.15) is 17.3 Å². The van der Waals surface area contributed by atoms with Gasteiger partial charge in [-0.2, -0.15) is 0 Å². The third-order valence-electron chi connectivity index (χ3n) is 5.72. The highest BCUT2D eigenvalue weighted by Gasteiger charge is 2.47. The molecule has 1 fully saturated rings. The molecule has 1 aliphatic rings. The minimum atomic E-state index is -1.01. The number of anilines is 1. The van der Waals surface area contributed by atoms with Gasteiger partial charge in [-0.15, -0.1) is 0 Å².